The molecule has 3 aromatic heterocycles. The Morgan fingerprint density at radius 1 is 1.05 bits per heavy atom. The topological polar surface area (TPSA) is 120 Å². The molecule has 2 amide bonds. The molecular weight excluding hydrogens is 554 g/mol. The molecule has 2 bridgehead atoms. The molecule has 2 fully saturated rings. The molecule has 0 radical (unpaired) electrons. The number of pyridine rings is 1. The summed E-state index contributed by atoms with van der Waals surface area (Å²) in [5.74, 6) is 1.54. The summed E-state index contributed by atoms with van der Waals surface area (Å²) in [5, 5.41) is 4.30. The Balaban J connectivity index is 1.30. The number of ether oxygens (including phenoxy) is 1. The molecule has 4 aromatic rings. The molecule has 10 heteroatoms. The number of hydrogen-bond acceptors (Lipinski definition) is 6. The van der Waals surface area contributed by atoms with E-state index in [2.05, 4.69) is 26.6 Å². The molecule has 2 atom stereocenters. The summed E-state index contributed by atoms with van der Waals surface area (Å²) >= 11 is 0. The molecule has 1 spiro atoms. The Bertz CT molecular complexity index is 1750. The fourth-order valence-electron chi connectivity index (χ4n) is 7.24. The molecule has 7 rings (SSSR count). The third kappa shape index (κ3) is 5.02. The number of nitrogens with zero attached hydrogens (tertiary/aromatic N) is 5. The highest BCUT2D eigenvalue weighted by Gasteiger charge is 2.49. The first-order chi connectivity index (χ1) is 21.3. The van der Waals surface area contributed by atoms with Gasteiger partial charge in [-0.05, 0) is 75.8 Å². The predicted molar refractivity (Wildman–Crippen MR) is 170 cm³/mol. The van der Waals surface area contributed by atoms with E-state index in [1.807, 2.05) is 37.1 Å². The van der Waals surface area contributed by atoms with Gasteiger partial charge in [0.05, 0.1) is 30.1 Å². The van der Waals surface area contributed by atoms with Crippen LogP contribution in [0.5, 0.6) is 5.75 Å². The summed E-state index contributed by atoms with van der Waals surface area (Å²) in [6, 6.07) is 9.81. The molecule has 5 heterocycles. The van der Waals surface area contributed by atoms with Crippen LogP contribution in [0.25, 0.3) is 33.6 Å². The van der Waals surface area contributed by atoms with Crippen molar-refractivity contribution >= 4 is 33.9 Å². The van der Waals surface area contributed by atoms with Crippen LogP contribution in [0.4, 0.5) is 0 Å². The maximum atomic E-state index is 13.5. The maximum Gasteiger partial charge on any atom is 0.254 e. The number of fused-ring (bicyclic) bond motifs is 2. The number of nitrogens with two attached hydrogens (primary N) is 1. The van der Waals surface area contributed by atoms with E-state index in [0.717, 1.165) is 98.1 Å². The normalized spacial score (nSPS) is 22.4. The Labute approximate surface area is 257 Å². The van der Waals surface area contributed by atoms with Crippen LogP contribution in [0.15, 0.2) is 30.3 Å². The molecular formula is C34H43N7O3. The zero-order chi connectivity index (χ0) is 30.6. The Hall–Kier alpha value is -3.92. The lowest BCUT2D eigenvalue weighted by Crippen LogP contribution is -2.45. The van der Waals surface area contributed by atoms with Gasteiger partial charge < -0.3 is 29.8 Å². The number of carbonyl (C=O) groups excluding carboxylic acids is 2. The standard InChI is InChI=1S/C34H43N7O3/c1-21-25-11-10-22-18-27(41(30(22)37-25)16-7-5-4-6-12-34(13-14-34)33(43)36-21)31-38-26-17-23(19-28(44-3)29(26)39(31)2)32(42)40-15-8-9-24(35)20-40/h10-11,17-19,21,24H,4-9,12-16,20,35H2,1-3H3,(H,36,43)/t21-,24-/m1/s1. The first kappa shape index (κ1) is 28.8. The minimum absolute atomic E-state index is 0.00718. The van der Waals surface area contributed by atoms with Crippen molar-refractivity contribution < 1.29 is 14.3 Å². The first-order valence-corrected chi connectivity index (χ1v) is 16.2. The number of hydrogen-bond donors (Lipinski definition) is 2. The third-order valence-electron chi connectivity index (χ3n) is 10.1. The minimum atomic E-state index is -0.176. The number of rotatable bonds is 3. The van der Waals surface area contributed by atoms with Crippen LogP contribution < -0.4 is 15.8 Å². The van der Waals surface area contributed by atoms with E-state index >= 15 is 0 Å². The van der Waals surface area contributed by atoms with Crippen LogP contribution in [-0.2, 0) is 18.4 Å². The van der Waals surface area contributed by atoms with Gasteiger partial charge in [-0.15, -0.1) is 0 Å². The summed E-state index contributed by atoms with van der Waals surface area (Å²) in [6.45, 7) is 4.11. The number of carbonyl (C=O) groups is 2. The predicted octanol–water partition coefficient (Wildman–Crippen LogP) is 5.08. The van der Waals surface area contributed by atoms with Crippen molar-refractivity contribution in [2.45, 2.75) is 83.3 Å². The quantitative estimate of drug-likeness (QED) is 0.340. The van der Waals surface area contributed by atoms with Crippen LogP contribution in [0.1, 0.15) is 86.8 Å². The largest absolute Gasteiger partial charge is 0.494 e. The molecule has 232 valence electrons. The van der Waals surface area contributed by atoms with Crippen molar-refractivity contribution in [2.75, 3.05) is 20.2 Å². The molecule has 10 nitrogen and oxygen atoms in total. The van der Waals surface area contributed by atoms with Gasteiger partial charge in [-0.2, -0.15) is 0 Å². The number of likely N-dealkylation sites (tertiary alicyclic amines) is 1. The van der Waals surface area contributed by atoms with Crippen molar-refractivity contribution in [1.82, 2.24) is 29.3 Å². The van der Waals surface area contributed by atoms with E-state index < -0.39 is 0 Å². The summed E-state index contributed by atoms with van der Waals surface area (Å²) in [7, 11) is 3.63. The Kier molecular flexibility index (Phi) is 7.35. The second-order valence-electron chi connectivity index (χ2n) is 13.2. The zero-order valence-electron chi connectivity index (χ0n) is 26.1. The molecule has 44 heavy (non-hydrogen) atoms. The zero-order valence-corrected chi connectivity index (χ0v) is 26.1. The molecule has 3 N–H and O–H groups in total. The summed E-state index contributed by atoms with van der Waals surface area (Å²) in [5.41, 5.74) is 10.9. The van der Waals surface area contributed by atoms with Gasteiger partial charge in [0.25, 0.3) is 5.91 Å². The number of piperidine rings is 1. The number of aromatic nitrogens is 4. The van der Waals surface area contributed by atoms with E-state index in [9.17, 15) is 9.59 Å². The van der Waals surface area contributed by atoms with Gasteiger partial charge in [0.15, 0.2) is 5.82 Å². The lowest BCUT2D eigenvalue weighted by molar-refractivity contribution is -0.127. The molecule has 1 saturated heterocycles. The van der Waals surface area contributed by atoms with Gasteiger partial charge in [0, 0.05) is 49.1 Å². The third-order valence-corrected chi connectivity index (χ3v) is 10.1. The highest BCUT2D eigenvalue weighted by Crippen LogP contribution is 2.50. The maximum absolute atomic E-state index is 13.5. The average molecular weight is 598 g/mol. The molecule has 1 aromatic carbocycles. The van der Waals surface area contributed by atoms with Crippen molar-refractivity contribution in [1.29, 1.82) is 0 Å². The lowest BCUT2D eigenvalue weighted by Gasteiger charge is -2.30. The fraction of sp³-hybridized carbons (Fsp3) is 0.529. The minimum Gasteiger partial charge on any atom is -0.494 e. The van der Waals surface area contributed by atoms with Gasteiger partial charge >= 0.3 is 0 Å². The summed E-state index contributed by atoms with van der Waals surface area (Å²) in [4.78, 5) is 38.7. The van der Waals surface area contributed by atoms with Crippen molar-refractivity contribution in [3.63, 3.8) is 0 Å². The molecule has 1 saturated carbocycles. The van der Waals surface area contributed by atoms with E-state index in [-0.39, 0.29) is 29.3 Å². The van der Waals surface area contributed by atoms with Gasteiger partial charge in [0.2, 0.25) is 5.91 Å². The fourth-order valence-corrected chi connectivity index (χ4v) is 7.24. The van der Waals surface area contributed by atoms with Crippen molar-refractivity contribution in [3.05, 3.63) is 41.6 Å². The molecule has 0 unspecified atom stereocenters. The van der Waals surface area contributed by atoms with E-state index in [0.29, 0.717) is 29.9 Å². The van der Waals surface area contributed by atoms with Gasteiger partial charge in [-0.3, -0.25) is 9.59 Å². The highest BCUT2D eigenvalue weighted by molar-refractivity contribution is 6.00. The van der Waals surface area contributed by atoms with Crippen LogP contribution in [0.3, 0.4) is 0 Å². The molecule has 3 aliphatic rings. The Morgan fingerprint density at radius 2 is 1.86 bits per heavy atom. The number of nitrogens with one attached hydrogen (secondary N) is 1. The second-order valence-corrected chi connectivity index (χ2v) is 13.2. The van der Waals surface area contributed by atoms with E-state index in [1.54, 1.807) is 7.11 Å². The number of imidazole rings is 1. The Morgan fingerprint density at radius 3 is 2.64 bits per heavy atom. The van der Waals surface area contributed by atoms with Crippen LogP contribution in [-0.4, -0.2) is 62.1 Å². The smallest absolute Gasteiger partial charge is 0.254 e. The van der Waals surface area contributed by atoms with Crippen LogP contribution >= 0.6 is 0 Å². The van der Waals surface area contributed by atoms with Gasteiger partial charge in [0.1, 0.15) is 16.9 Å². The van der Waals surface area contributed by atoms with E-state index in [4.69, 9.17) is 20.4 Å². The van der Waals surface area contributed by atoms with E-state index in [1.165, 1.54) is 0 Å². The lowest BCUT2D eigenvalue weighted by atomic mass is 9.96. The SMILES string of the molecule is COc1cc(C(=O)N2CCC[C@@H](N)C2)cc2nc(-c3cc4ccc5nc4n3CCCCCCC3(CC3)C(=O)N[C@@H]5C)n(C)c12. The van der Waals surface area contributed by atoms with Crippen molar-refractivity contribution in [2.24, 2.45) is 18.2 Å². The molecule has 2 aliphatic heterocycles. The average Bonchev–Trinajstić information content (AvgIpc) is 3.63. The monoisotopic (exact) mass is 597 g/mol. The summed E-state index contributed by atoms with van der Waals surface area (Å²) < 4.78 is 10.2. The molecule has 1 aliphatic carbocycles. The van der Waals surface area contributed by atoms with Gasteiger partial charge in [-0.25, -0.2) is 9.97 Å². The van der Waals surface area contributed by atoms with Crippen LogP contribution in [0.2, 0.25) is 0 Å². The number of methoxy groups -OCH3 is 1. The number of aryl methyl sites for hydroxylation is 2. The van der Waals surface area contributed by atoms with Crippen molar-refractivity contribution in [3.8, 4) is 17.3 Å². The van der Waals surface area contributed by atoms with Crippen LogP contribution in [0, 0.1) is 5.41 Å². The van der Waals surface area contributed by atoms with Gasteiger partial charge in [-0.1, -0.05) is 19.3 Å². The second kappa shape index (κ2) is 11.2. The highest BCUT2D eigenvalue weighted by atomic mass is 16.5. The first-order valence-electron chi connectivity index (χ1n) is 16.2. The number of benzene rings is 1. The summed E-state index contributed by atoms with van der Waals surface area (Å²) in [6.07, 6.45) is 9.10. The number of amides is 2.